The summed E-state index contributed by atoms with van der Waals surface area (Å²) >= 11 is 3.96. The number of hydrogen-bond acceptors (Lipinski definition) is 2. The van der Waals surface area contributed by atoms with E-state index < -0.39 is 0 Å². The molecule has 8 heavy (non-hydrogen) atoms. The lowest BCUT2D eigenvalue weighted by Gasteiger charge is -2.25. The molecule has 46 valence electrons. The van der Waals surface area contributed by atoms with Gasteiger partial charge in [-0.2, -0.15) is 0 Å². The first-order valence-corrected chi connectivity index (χ1v) is 3.46. The normalized spacial score (nSPS) is 22.9. The number of rotatable bonds is 1. The van der Waals surface area contributed by atoms with E-state index in [4.69, 9.17) is 5.73 Å². The second kappa shape index (κ2) is 2.44. The molecule has 1 aliphatic rings. The molecule has 1 fully saturated rings. The lowest BCUT2D eigenvalue weighted by atomic mass is 9.84. The smallest absolute Gasteiger partial charge is 0.0173 e. The number of hydrogen-bond donors (Lipinski definition) is 2. The van der Waals surface area contributed by atoms with Crippen molar-refractivity contribution in [2.45, 2.75) is 19.3 Å². The lowest BCUT2D eigenvalue weighted by Crippen LogP contribution is -2.18. The van der Waals surface area contributed by atoms with E-state index in [2.05, 4.69) is 12.6 Å². The molecule has 0 atom stereocenters. The van der Waals surface area contributed by atoms with Crippen molar-refractivity contribution in [2.75, 3.05) is 0 Å². The molecule has 0 unspecified atom stereocenters. The molecule has 0 aromatic rings. The van der Waals surface area contributed by atoms with Crippen molar-refractivity contribution in [3.63, 3.8) is 0 Å². The number of allylic oxidation sites excluding steroid dienone is 1. The average Bonchev–Trinajstić information content (AvgIpc) is 1.62. The van der Waals surface area contributed by atoms with Gasteiger partial charge in [-0.1, -0.05) is 6.42 Å². The third-order valence-corrected chi connectivity index (χ3v) is 2.02. The quantitative estimate of drug-likeness (QED) is 0.516. The first kappa shape index (κ1) is 6.02. The molecule has 0 spiro atoms. The fourth-order valence-electron chi connectivity index (χ4n) is 0.847. The van der Waals surface area contributed by atoms with Gasteiger partial charge in [-0.3, -0.25) is 0 Å². The zero-order valence-corrected chi connectivity index (χ0v) is 5.70. The second-order valence-corrected chi connectivity index (χ2v) is 2.52. The summed E-state index contributed by atoms with van der Waals surface area (Å²) in [6, 6.07) is 0. The van der Waals surface area contributed by atoms with Gasteiger partial charge in [0, 0.05) is 5.70 Å². The van der Waals surface area contributed by atoms with E-state index in [0.717, 1.165) is 5.70 Å². The zero-order valence-electron chi connectivity index (χ0n) is 4.80. The van der Waals surface area contributed by atoms with Crippen molar-refractivity contribution < 1.29 is 0 Å². The predicted molar refractivity (Wildman–Crippen MR) is 38.6 cm³/mol. The predicted octanol–water partition coefficient (Wildman–Crippen LogP) is 1.52. The minimum absolute atomic E-state index is 0.660. The highest BCUT2D eigenvalue weighted by Crippen LogP contribution is 2.30. The first-order chi connectivity index (χ1) is 3.84. The Hall–Kier alpha value is -0.110. The molecular formula is C6H11NS. The van der Waals surface area contributed by atoms with Gasteiger partial charge >= 0.3 is 0 Å². The summed E-state index contributed by atoms with van der Waals surface area (Å²) in [5.74, 6) is 0.660. The fourth-order valence-corrected chi connectivity index (χ4v) is 1.06. The van der Waals surface area contributed by atoms with E-state index >= 15 is 0 Å². The Kier molecular flexibility index (Phi) is 1.84. The summed E-state index contributed by atoms with van der Waals surface area (Å²) in [6.45, 7) is 0. The summed E-state index contributed by atoms with van der Waals surface area (Å²) in [4.78, 5) is 0. The maximum atomic E-state index is 5.56. The molecule has 1 nitrogen and oxygen atoms in total. The summed E-state index contributed by atoms with van der Waals surface area (Å²) in [7, 11) is 0. The van der Waals surface area contributed by atoms with Crippen molar-refractivity contribution in [2.24, 2.45) is 11.7 Å². The minimum atomic E-state index is 0.660. The topological polar surface area (TPSA) is 26.0 Å². The van der Waals surface area contributed by atoms with Crippen LogP contribution in [0, 0.1) is 5.92 Å². The second-order valence-electron chi connectivity index (χ2n) is 2.26. The molecule has 0 saturated heterocycles. The molecule has 0 heterocycles. The van der Waals surface area contributed by atoms with Gasteiger partial charge in [0.15, 0.2) is 0 Å². The molecule has 2 heteroatoms. The van der Waals surface area contributed by atoms with Crippen LogP contribution in [0.2, 0.25) is 0 Å². The minimum Gasteiger partial charge on any atom is -0.401 e. The van der Waals surface area contributed by atoms with E-state index in [9.17, 15) is 0 Å². The van der Waals surface area contributed by atoms with Crippen molar-refractivity contribution >= 4 is 12.6 Å². The van der Waals surface area contributed by atoms with E-state index in [-0.39, 0.29) is 0 Å². The Morgan fingerprint density at radius 3 is 2.38 bits per heavy atom. The Morgan fingerprint density at radius 1 is 1.62 bits per heavy atom. The van der Waals surface area contributed by atoms with Crippen LogP contribution in [0.4, 0.5) is 0 Å². The van der Waals surface area contributed by atoms with Crippen molar-refractivity contribution in [3.05, 3.63) is 11.1 Å². The molecule has 2 N–H and O–H groups in total. The number of thiol groups is 1. The van der Waals surface area contributed by atoms with Crippen LogP contribution in [-0.4, -0.2) is 0 Å². The van der Waals surface area contributed by atoms with Crippen LogP contribution >= 0.6 is 12.6 Å². The monoisotopic (exact) mass is 129 g/mol. The zero-order chi connectivity index (χ0) is 5.98. The van der Waals surface area contributed by atoms with Crippen LogP contribution in [0.25, 0.3) is 0 Å². The Morgan fingerprint density at radius 2 is 2.25 bits per heavy atom. The molecule has 0 aliphatic heterocycles. The van der Waals surface area contributed by atoms with Crippen LogP contribution in [0.15, 0.2) is 11.1 Å². The third-order valence-electron chi connectivity index (χ3n) is 1.73. The summed E-state index contributed by atoms with van der Waals surface area (Å²) in [5.41, 5.74) is 6.52. The van der Waals surface area contributed by atoms with Crippen molar-refractivity contribution in [1.29, 1.82) is 0 Å². The van der Waals surface area contributed by atoms with Gasteiger partial charge in [0.1, 0.15) is 0 Å². The highest BCUT2D eigenvalue weighted by Gasteiger charge is 2.18. The van der Waals surface area contributed by atoms with Gasteiger partial charge in [0.2, 0.25) is 0 Å². The molecule has 0 aromatic carbocycles. The van der Waals surface area contributed by atoms with Gasteiger partial charge in [0.05, 0.1) is 0 Å². The third kappa shape index (κ3) is 0.996. The maximum absolute atomic E-state index is 5.56. The molecule has 1 rings (SSSR count). The van der Waals surface area contributed by atoms with Crippen molar-refractivity contribution in [1.82, 2.24) is 0 Å². The van der Waals surface area contributed by atoms with E-state index in [1.54, 1.807) is 5.41 Å². The molecule has 0 radical (unpaired) electrons. The van der Waals surface area contributed by atoms with Crippen LogP contribution in [0.1, 0.15) is 19.3 Å². The Balaban J connectivity index is 2.34. The summed E-state index contributed by atoms with van der Waals surface area (Å²) < 4.78 is 0. The van der Waals surface area contributed by atoms with Crippen molar-refractivity contribution in [3.8, 4) is 0 Å². The van der Waals surface area contributed by atoms with Crippen LogP contribution in [0.5, 0.6) is 0 Å². The highest BCUT2D eigenvalue weighted by atomic mass is 32.1. The van der Waals surface area contributed by atoms with Gasteiger partial charge in [-0.15, -0.1) is 12.6 Å². The number of nitrogens with two attached hydrogens (primary N) is 1. The van der Waals surface area contributed by atoms with Gasteiger partial charge in [-0.25, -0.2) is 0 Å². The van der Waals surface area contributed by atoms with Crippen LogP contribution in [0.3, 0.4) is 0 Å². The Labute approximate surface area is 55.4 Å². The molecule has 0 bridgehead atoms. The fraction of sp³-hybridized carbons (Fsp3) is 0.667. The van der Waals surface area contributed by atoms with Gasteiger partial charge < -0.3 is 5.73 Å². The first-order valence-electron chi connectivity index (χ1n) is 2.94. The molecule has 1 saturated carbocycles. The summed E-state index contributed by atoms with van der Waals surface area (Å²) in [6.07, 6.45) is 3.87. The van der Waals surface area contributed by atoms with Crippen LogP contribution in [-0.2, 0) is 0 Å². The Bertz CT molecular complexity index is 105. The lowest BCUT2D eigenvalue weighted by molar-refractivity contribution is 0.365. The van der Waals surface area contributed by atoms with E-state index in [0.29, 0.717) is 5.92 Å². The standard InChI is InChI=1S/C6H11NS/c7-6(4-8)5-2-1-3-5/h4-5,8H,1-3,7H2/b6-4-. The maximum Gasteiger partial charge on any atom is 0.0173 e. The average molecular weight is 129 g/mol. The molecule has 1 aliphatic carbocycles. The van der Waals surface area contributed by atoms with E-state index in [1.807, 2.05) is 0 Å². The molecule has 0 amide bonds. The molecular weight excluding hydrogens is 118 g/mol. The van der Waals surface area contributed by atoms with Gasteiger partial charge in [-0.05, 0) is 24.2 Å². The highest BCUT2D eigenvalue weighted by molar-refractivity contribution is 7.83. The largest absolute Gasteiger partial charge is 0.401 e. The van der Waals surface area contributed by atoms with Crippen LogP contribution < -0.4 is 5.73 Å². The SMILES string of the molecule is N/C(=C\S)C1CCC1. The van der Waals surface area contributed by atoms with Gasteiger partial charge in [0.25, 0.3) is 0 Å². The molecule has 0 aromatic heterocycles. The summed E-state index contributed by atoms with van der Waals surface area (Å²) in [5, 5.41) is 1.71. The van der Waals surface area contributed by atoms with E-state index in [1.165, 1.54) is 19.3 Å².